The van der Waals surface area contributed by atoms with Gasteiger partial charge in [-0.1, -0.05) is 30.3 Å². The highest BCUT2D eigenvalue weighted by atomic mass is 32.2. The van der Waals surface area contributed by atoms with Crippen LogP contribution in [-0.2, 0) is 6.42 Å². The van der Waals surface area contributed by atoms with Gasteiger partial charge in [0.1, 0.15) is 0 Å². The van der Waals surface area contributed by atoms with Crippen LogP contribution in [0.5, 0.6) is 0 Å². The Balaban J connectivity index is 2.25. The van der Waals surface area contributed by atoms with Gasteiger partial charge in [0, 0.05) is 12.2 Å². The van der Waals surface area contributed by atoms with Crippen molar-refractivity contribution in [2.24, 2.45) is 5.73 Å². The van der Waals surface area contributed by atoms with Crippen LogP contribution in [0.2, 0.25) is 0 Å². The minimum Gasteiger partial charge on any atom is -0.416 e. The summed E-state index contributed by atoms with van der Waals surface area (Å²) in [5, 5.41) is 8.60. The minimum absolute atomic E-state index is 0.636. The Morgan fingerprint density at radius 1 is 1.38 bits per heavy atom. The second kappa shape index (κ2) is 7.46. The van der Waals surface area contributed by atoms with E-state index in [4.69, 9.17) is 10.2 Å². The van der Waals surface area contributed by atoms with Crippen LogP contribution in [0.25, 0.3) is 0 Å². The SMILES string of the molecule is C=C(C)CSc1nnc(CCCCCN)o1. The first kappa shape index (κ1) is 13.3. The topological polar surface area (TPSA) is 64.9 Å². The number of hydrogen-bond acceptors (Lipinski definition) is 5. The zero-order valence-corrected chi connectivity index (χ0v) is 10.6. The molecule has 5 heteroatoms. The van der Waals surface area contributed by atoms with Gasteiger partial charge in [-0.2, -0.15) is 0 Å². The number of nitrogens with zero attached hydrogens (tertiary/aromatic N) is 2. The molecule has 90 valence electrons. The zero-order chi connectivity index (χ0) is 11.8. The van der Waals surface area contributed by atoms with Crippen molar-refractivity contribution in [1.29, 1.82) is 0 Å². The standard InChI is InChI=1S/C11H19N3OS/c1-9(2)8-16-11-14-13-10(15-11)6-4-3-5-7-12/h1,3-8,12H2,2H3. The molecule has 1 heterocycles. The number of aromatic nitrogens is 2. The molecule has 16 heavy (non-hydrogen) atoms. The van der Waals surface area contributed by atoms with Crippen LogP contribution in [0.1, 0.15) is 32.1 Å². The van der Waals surface area contributed by atoms with Gasteiger partial charge in [-0.3, -0.25) is 0 Å². The fourth-order valence-corrected chi connectivity index (χ4v) is 1.80. The van der Waals surface area contributed by atoms with Crippen molar-refractivity contribution in [3.63, 3.8) is 0 Å². The predicted molar refractivity (Wildman–Crippen MR) is 66.4 cm³/mol. The second-order valence-corrected chi connectivity index (χ2v) is 4.73. The Bertz CT molecular complexity index is 325. The third-order valence-electron chi connectivity index (χ3n) is 1.99. The molecule has 0 bridgehead atoms. The van der Waals surface area contributed by atoms with Crippen molar-refractivity contribution in [1.82, 2.24) is 10.2 Å². The average Bonchev–Trinajstić information content (AvgIpc) is 2.70. The Kier molecular flexibility index (Phi) is 6.18. The summed E-state index contributed by atoms with van der Waals surface area (Å²) < 4.78 is 5.48. The molecule has 0 unspecified atom stereocenters. The summed E-state index contributed by atoms with van der Waals surface area (Å²) >= 11 is 1.53. The van der Waals surface area contributed by atoms with E-state index in [1.807, 2.05) is 6.92 Å². The van der Waals surface area contributed by atoms with Gasteiger partial charge in [0.2, 0.25) is 5.89 Å². The molecule has 0 saturated carbocycles. The van der Waals surface area contributed by atoms with Crippen LogP contribution >= 0.6 is 11.8 Å². The highest BCUT2D eigenvalue weighted by Gasteiger charge is 2.05. The highest BCUT2D eigenvalue weighted by molar-refractivity contribution is 7.99. The van der Waals surface area contributed by atoms with Crippen LogP contribution in [0.15, 0.2) is 21.8 Å². The molecule has 0 aromatic carbocycles. The molecule has 0 spiro atoms. The molecule has 1 rings (SSSR count). The van der Waals surface area contributed by atoms with Crippen LogP contribution in [0, 0.1) is 0 Å². The molecular weight excluding hydrogens is 222 g/mol. The Hall–Kier alpha value is -0.810. The van der Waals surface area contributed by atoms with Gasteiger partial charge in [0.15, 0.2) is 0 Å². The van der Waals surface area contributed by atoms with E-state index < -0.39 is 0 Å². The Morgan fingerprint density at radius 3 is 2.88 bits per heavy atom. The highest BCUT2D eigenvalue weighted by Crippen LogP contribution is 2.18. The van der Waals surface area contributed by atoms with E-state index >= 15 is 0 Å². The van der Waals surface area contributed by atoms with E-state index in [9.17, 15) is 0 Å². The quantitative estimate of drug-likeness (QED) is 0.430. The molecule has 2 N–H and O–H groups in total. The average molecular weight is 241 g/mol. The van der Waals surface area contributed by atoms with Gasteiger partial charge < -0.3 is 10.2 Å². The lowest BCUT2D eigenvalue weighted by atomic mass is 10.2. The van der Waals surface area contributed by atoms with Gasteiger partial charge in [0.05, 0.1) is 0 Å². The monoisotopic (exact) mass is 241 g/mol. The summed E-state index contributed by atoms with van der Waals surface area (Å²) in [6, 6.07) is 0. The first-order chi connectivity index (χ1) is 7.72. The molecule has 4 nitrogen and oxygen atoms in total. The maximum absolute atomic E-state index is 5.48. The van der Waals surface area contributed by atoms with E-state index in [0.29, 0.717) is 5.22 Å². The molecule has 0 aliphatic heterocycles. The summed E-state index contributed by atoms with van der Waals surface area (Å²) in [5.41, 5.74) is 6.52. The van der Waals surface area contributed by atoms with E-state index in [0.717, 1.165) is 49.4 Å². The van der Waals surface area contributed by atoms with Crippen LogP contribution < -0.4 is 5.73 Å². The molecular formula is C11H19N3OS. The largest absolute Gasteiger partial charge is 0.416 e. The van der Waals surface area contributed by atoms with Gasteiger partial charge in [0.25, 0.3) is 5.22 Å². The molecule has 1 aromatic rings. The third-order valence-corrected chi connectivity index (χ3v) is 3.03. The van der Waals surface area contributed by atoms with Crippen LogP contribution in [0.4, 0.5) is 0 Å². The molecule has 0 saturated heterocycles. The fourth-order valence-electron chi connectivity index (χ4n) is 1.18. The first-order valence-corrected chi connectivity index (χ1v) is 6.50. The summed E-state index contributed by atoms with van der Waals surface area (Å²) in [6.45, 7) is 6.56. The van der Waals surface area contributed by atoms with Crippen LogP contribution in [-0.4, -0.2) is 22.5 Å². The zero-order valence-electron chi connectivity index (χ0n) is 9.74. The second-order valence-electron chi connectivity index (χ2n) is 3.81. The summed E-state index contributed by atoms with van der Waals surface area (Å²) in [4.78, 5) is 0. The first-order valence-electron chi connectivity index (χ1n) is 5.52. The number of unbranched alkanes of at least 4 members (excludes halogenated alkanes) is 2. The van der Waals surface area contributed by atoms with Gasteiger partial charge >= 0.3 is 0 Å². The van der Waals surface area contributed by atoms with Gasteiger partial charge in [-0.05, 0) is 26.3 Å². The number of rotatable bonds is 8. The molecule has 0 amide bonds. The van der Waals surface area contributed by atoms with Gasteiger partial charge in [-0.25, -0.2) is 0 Å². The number of thioether (sulfide) groups is 1. The molecule has 1 aromatic heterocycles. The lowest BCUT2D eigenvalue weighted by Gasteiger charge is -1.95. The van der Waals surface area contributed by atoms with Crippen molar-refractivity contribution in [2.75, 3.05) is 12.3 Å². The number of aryl methyl sites for hydroxylation is 1. The van der Waals surface area contributed by atoms with Crippen molar-refractivity contribution in [3.05, 3.63) is 18.0 Å². The Morgan fingerprint density at radius 2 is 2.19 bits per heavy atom. The van der Waals surface area contributed by atoms with E-state index in [2.05, 4.69) is 16.8 Å². The number of nitrogens with two attached hydrogens (primary N) is 1. The van der Waals surface area contributed by atoms with E-state index in [1.54, 1.807) is 0 Å². The van der Waals surface area contributed by atoms with E-state index in [1.165, 1.54) is 11.8 Å². The molecule has 0 aliphatic rings. The molecule has 0 fully saturated rings. The third kappa shape index (κ3) is 5.32. The molecule has 0 aliphatic carbocycles. The minimum atomic E-state index is 0.636. The lowest BCUT2D eigenvalue weighted by molar-refractivity contribution is 0.407. The molecule has 0 radical (unpaired) electrons. The smallest absolute Gasteiger partial charge is 0.276 e. The predicted octanol–water partition coefficient (Wildman–Crippen LogP) is 2.41. The van der Waals surface area contributed by atoms with Crippen molar-refractivity contribution >= 4 is 11.8 Å². The normalized spacial score (nSPS) is 10.6. The maximum atomic E-state index is 5.48. The number of hydrogen-bond donors (Lipinski definition) is 1. The van der Waals surface area contributed by atoms with Crippen molar-refractivity contribution < 1.29 is 4.42 Å². The summed E-state index contributed by atoms with van der Waals surface area (Å²) in [7, 11) is 0. The Labute approximate surface area is 101 Å². The van der Waals surface area contributed by atoms with E-state index in [-0.39, 0.29) is 0 Å². The summed E-state index contributed by atoms with van der Waals surface area (Å²) in [5.74, 6) is 1.55. The van der Waals surface area contributed by atoms with Gasteiger partial charge in [-0.15, -0.1) is 10.2 Å². The van der Waals surface area contributed by atoms with Crippen LogP contribution in [0.3, 0.4) is 0 Å². The maximum Gasteiger partial charge on any atom is 0.276 e. The van der Waals surface area contributed by atoms with Crippen molar-refractivity contribution in [3.8, 4) is 0 Å². The lowest BCUT2D eigenvalue weighted by Crippen LogP contribution is -1.98. The molecule has 0 atom stereocenters. The fraction of sp³-hybridized carbons (Fsp3) is 0.636. The summed E-state index contributed by atoms with van der Waals surface area (Å²) in [6.07, 6.45) is 4.09. The van der Waals surface area contributed by atoms with Crippen molar-refractivity contribution in [2.45, 2.75) is 37.8 Å².